The Bertz CT molecular complexity index is 1520. The fourth-order valence-electron chi connectivity index (χ4n) is 3.23. The number of hydrogen-bond donors (Lipinski definition) is 1. The summed E-state index contributed by atoms with van der Waals surface area (Å²) < 4.78 is 44.2. The number of aromatic nitrogens is 1. The maximum absolute atomic E-state index is 14.3. The minimum atomic E-state index is -3.75. The van der Waals surface area contributed by atoms with Crippen molar-refractivity contribution in [2.45, 2.75) is 18.4 Å². The molecule has 168 valence electrons. The molecule has 1 amide bonds. The number of thiazole rings is 1. The van der Waals surface area contributed by atoms with Crippen molar-refractivity contribution in [2.75, 3.05) is 4.72 Å². The van der Waals surface area contributed by atoms with Gasteiger partial charge in [0.2, 0.25) is 0 Å². The van der Waals surface area contributed by atoms with Gasteiger partial charge in [-0.15, -0.1) is 6.58 Å². The van der Waals surface area contributed by atoms with Crippen molar-refractivity contribution in [3.8, 4) is 0 Å². The Balaban J connectivity index is 1.61. The van der Waals surface area contributed by atoms with Crippen molar-refractivity contribution < 1.29 is 17.6 Å². The molecule has 4 rings (SSSR count). The minimum absolute atomic E-state index is 0.145. The second-order valence-corrected chi connectivity index (χ2v) is 9.97. The highest BCUT2D eigenvalue weighted by Gasteiger charge is 2.15. The van der Waals surface area contributed by atoms with Crippen LogP contribution < -0.4 is 9.52 Å². The second-order valence-electron chi connectivity index (χ2n) is 7.28. The highest BCUT2D eigenvalue weighted by molar-refractivity contribution is 7.92. The molecule has 0 bridgehead atoms. The topological polar surface area (TPSA) is 80.5 Å². The lowest BCUT2D eigenvalue weighted by atomic mass is 10.2. The number of anilines is 1. The van der Waals surface area contributed by atoms with E-state index in [1.165, 1.54) is 53.8 Å². The van der Waals surface area contributed by atoms with Gasteiger partial charge in [-0.2, -0.15) is 4.99 Å². The molecule has 9 heteroatoms. The number of fused-ring (bicyclic) bond motifs is 1. The van der Waals surface area contributed by atoms with Gasteiger partial charge in [-0.1, -0.05) is 41.2 Å². The Hall–Kier alpha value is -3.56. The first-order chi connectivity index (χ1) is 15.8. The summed E-state index contributed by atoms with van der Waals surface area (Å²) >= 11 is 1.21. The van der Waals surface area contributed by atoms with Crippen molar-refractivity contribution in [1.29, 1.82) is 0 Å². The fourth-order valence-corrected chi connectivity index (χ4v) is 5.35. The van der Waals surface area contributed by atoms with Crippen LogP contribution in [0.5, 0.6) is 0 Å². The molecule has 0 fully saturated rings. The van der Waals surface area contributed by atoms with E-state index in [0.29, 0.717) is 27.3 Å². The second kappa shape index (κ2) is 9.13. The number of hydrogen-bond acceptors (Lipinski definition) is 4. The Morgan fingerprint density at radius 1 is 1.12 bits per heavy atom. The molecule has 0 aliphatic carbocycles. The van der Waals surface area contributed by atoms with E-state index in [2.05, 4.69) is 16.3 Å². The molecule has 4 aromatic rings. The highest BCUT2D eigenvalue weighted by Crippen LogP contribution is 2.21. The molecule has 0 saturated heterocycles. The molecule has 0 aliphatic rings. The van der Waals surface area contributed by atoms with Gasteiger partial charge in [-0.3, -0.25) is 9.52 Å². The first-order valence-electron chi connectivity index (χ1n) is 9.96. The molecule has 1 aromatic heterocycles. The van der Waals surface area contributed by atoms with E-state index < -0.39 is 21.7 Å². The van der Waals surface area contributed by atoms with Gasteiger partial charge in [0.05, 0.1) is 15.1 Å². The van der Waals surface area contributed by atoms with Gasteiger partial charge in [0.1, 0.15) is 5.82 Å². The molecule has 6 nitrogen and oxygen atoms in total. The number of allylic oxidation sites excluding steroid dienone is 1. The predicted octanol–water partition coefficient (Wildman–Crippen LogP) is 4.88. The van der Waals surface area contributed by atoms with Gasteiger partial charge in [0, 0.05) is 17.8 Å². The van der Waals surface area contributed by atoms with E-state index in [9.17, 15) is 17.6 Å². The number of halogens is 1. The molecule has 0 atom stereocenters. The summed E-state index contributed by atoms with van der Waals surface area (Å²) in [5.74, 6) is -0.919. The molecular weight excluding hydrogens is 461 g/mol. The van der Waals surface area contributed by atoms with Crippen LogP contribution in [0.2, 0.25) is 0 Å². The van der Waals surface area contributed by atoms with E-state index in [4.69, 9.17) is 0 Å². The zero-order chi connectivity index (χ0) is 23.6. The molecule has 0 radical (unpaired) electrons. The SMILES string of the molecule is C=CCn1c(=NC(=O)c2ccc(NS(=O)(=O)c3ccc(C)cc3)cc2)sc2cccc(F)c21. The smallest absolute Gasteiger partial charge is 0.279 e. The summed E-state index contributed by atoms with van der Waals surface area (Å²) in [5.41, 5.74) is 1.92. The Morgan fingerprint density at radius 2 is 1.82 bits per heavy atom. The summed E-state index contributed by atoms with van der Waals surface area (Å²) in [7, 11) is -3.75. The Morgan fingerprint density at radius 3 is 2.48 bits per heavy atom. The van der Waals surface area contributed by atoms with Crippen molar-refractivity contribution in [2.24, 2.45) is 4.99 Å². The maximum atomic E-state index is 14.3. The largest absolute Gasteiger partial charge is 0.310 e. The molecule has 1 N–H and O–H groups in total. The number of sulfonamides is 1. The zero-order valence-electron chi connectivity index (χ0n) is 17.7. The number of nitrogens with one attached hydrogen (secondary N) is 1. The van der Waals surface area contributed by atoms with Crippen LogP contribution >= 0.6 is 11.3 Å². The monoisotopic (exact) mass is 481 g/mol. The summed E-state index contributed by atoms with van der Waals surface area (Å²) in [6.45, 7) is 5.87. The molecule has 0 spiro atoms. The third-order valence-electron chi connectivity index (χ3n) is 4.88. The number of carbonyl (C=O) groups is 1. The lowest BCUT2D eigenvalue weighted by Crippen LogP contribution is -2.17. The van der Waals surface area contributed by atoms with E-state index >= 15 is 0 Å². The van der Waals surface area contributed by atoms with Crippen LogP contribution in [0.25, 0.3) is 10.2 Å². The van der Waals surface area contributed by atoms with Gasteiger partial charge >= 0.3 is 0 Å². The summed E-state index contributed by atoms with van der Waals surface area (Å²) in [5, 5.41) is 0. The van der Waals surface area contributed by atoms with Crippen LogP contribution in [-0.4, -0.2) is 18.9 Å². The molecule has 3 aromatic carbocycles. The third-order valence-corrected chi connectivity index (χ3v) is 7.32. The zero-order valence-corrected chi connectivity index (χ0v) is 19.3. The lowest BCUT2D eigenvalue weighted by Gasteiger charge is -2.08. The van der Waals surface area contributed by atoms with Crippen LogP contribution in [0.15, 0.2) is 89.3 Å². The average Bonchev–Trinajstić information content (AvgIpc) is 3.12. The lowest BCUT2D eigenvalue weighted by molar-refractivity contribution is 0.0998. The van der Waals surface area contributed by atoms with E-state index in [-0.39, 0.29) is 10.5 Å². The van der Waals surface area contributed by atoms with Gasteiger partial charge in [0.25, 0.3) is 15.9 Å². The molecule has 33 heavy (non-hydrogen) atoms. The first kappa shape index (κ1) is 22.6. The van der Waals surface area contributed by atoms with E-state index in [1.54, 1.807) is 34.9 Å². The first-order valence-corrected chi connectivity index (χ1v) is 12.3. The number of benzene rings is 3. The van der Waals surface area contributed by atoms with E-state index in [1.807, 2.05) is 6.92 Å². The van der Waals surface area contributed by atoms with Gasteiger partial charge < -0.3 is 4.57 Å². The fraction of sp³-hybridized carbons (Fsp3) is 0.0833. The quantitative estimate of drug-likeness (QED) is 0.399. The number of aryl methyl sites for hydroxylation is 1. The van der Waals surface area contributed by atoms with Crippen LogP contribution in [-0.2, 0) is 16.6 Å². The van der Waals surface area contributed by atoms with E-state index in [0.717, 1.165) is 5.56 Å². The normalized spacial score (nSPS) is 12.1. The van der Waals surface area contributed by atoms with Crippen LogP contribution in [0, 0.1) is 12.7 Å². The van der Waals surface area contributed by atoms with Crippen molar-refractivity contribution >= 4 is 43.2 Å². The number of carbonyl (C=O) groups excluding carboxylic acids is 1. The molecule has 0 aliphatic heterocycles. The number of rotatable bonds is 6. The summed E-state index contributed by atoms with van der Waals surface area (Å²) in [6, 6.07) is 17.2. The van der Waals surface area contributed by atoms with Crippen molar-refractivity contribution in [1.82, 2.24) is 4.57 Å². The molecular formula is C24H20FN3O3S2. The Kier molecular flexibility index (Phi) is 6.26. The van der Waals surface area contributed by atoms with Crippen molar-refractivity contribution in [3.05, 3.63) is 101 Å². The highest BCUT2D eigenvalue weighted by atomic mass is 32.2. The van der Waals surface area contributed by atoms with Crippen molar-refractivity contribution in [3.63, 3.8) is 0 Å². The van der Waals surface area contributed by atoms with Gasteiger partial charge in [-0.05, 0) is 55.5 Å². The number of nitrogens with zero attached hydrogens (tertiary/aromatic N) is 2. The molecule has 0 unspecified atom stereocenters. The average molecular weight is 482 g/mol. The van der Waals surface area contributed by atoms with Crippen LogP contribution in [0.1, 0.15) is 15.9 Å². The summed E-state index contributed by atoms with van der Waals surface area (Å²) in [4.78, 5) is 17.4. The third kappa shape index (κ3) is 4.79. The predicted molar refractivity (Wildman–Crippen MR) is 128 cm³/mol. The van der Waals surface area contributed by atoms with Crippen LogP contribution in [0.4, 0.5) is 10.1 Å². The molecule has 1 heterocycles. The summed E-state index contributed by atoms with van der Waals surface area (Å²) in [6.07, 6.45) is 1.61. The Labute approximate surface area is 194 Å². The molecule has 0 saturated carbocycles. The minimum Gasteiger partial charge on any atom is -0.310 e. The number of amides is 1. The van der Waals surface area contributed by atoms with Crippen LogP contribution in [0.3, 0.4) is 0 Å². The van der Waals surface area contributed by atoms with Gasteiger partial charge in [0.15, 0.2) is 4.80 Å². The number of para-hydroxylation sites is 1. The van der Waals surface area contributed by atoms with Gasteiger partial charge in [-0.25, -0.2) is 12.8 Å². The standard InChI is InChI=1S/C24H20FN3O3S2/c1-3-15-28-22-20(25)5-4-6-21(22)32-24(28)26-23(29)17-9-11-18(12-10-17)27-33(30,31)19-13-7-16(2)8-14-19/h3-14,27H,1,15H2,2H3. The maximum Gasteiger partial charge on any atom is 0.279 e.